The highest BCUT2D eigenvalue weighted by atomic mass is 15.2. The Bertz CT molecular complexity index is 408. The monoisotopic (exact) mass is 259 g/mol. The molecule has 0 N–H and O–H groups in total. The number of rotatable bonds is 4. The second-order valence-electron chi connectivity index (χ2n) is 6.42. The predicted molar refractivity (Wildman–Crippen MR) is 83.7 cm³/mol. The van der Waals surface area contributed by atoms with Gasteiger partial charge in [0.2, 0.25) is 0 Å². The third-order valence-corrected chi connectivity index (χ3v) is 4.60. The van der Waals surface area contributed by atoms with Crippen molar-refractivity contribution in [3.63, 3.8) is 0 Å². The van der Waals surface area contributed by atoms with Crippen molar-refractivity contribution in [2.75, 3.05) is 13.1 Å². The van der Waals surface area contributed by atoms with Crippen LogP contribution in [0.2, 0.25) is 0 Å². The van der Waals surface area contributed by atoms with Gasteiger partial charge in [-0.2, -0.15) is 0 Å². The molecule has 1 aromatic carbocycles. The second-order valence-corrected chi connectivity index (χ2v) is 6.42. The molecule has 2 rings (SSSR count). The van der Waals surface area contributed by atoms with Gasteiger partial charge in [0.15, 0.2) is 0 Å². The van der Waals surface area contributed by atoms with E-state index >= 15 is 0 Å². The number of hydrogen-bond donors (Lipinski definition) is 0. The molecule has 1 heterocycles. The number of piperidine rings is 1. The molecule has 1 aromatic rings. The quantitative estimate of drug-likeness (QED) is 0.782. The van der Waals surface area contributed by atoms with Crippen LogP contribution in [0.15, 0.2) is 18.2 Å². The highest BCUT2D eigenvalue weighted by Gasteiger charge is 2.21. The maximum atomic E-state index is 2.64. The molecule has 0 aromatic heterocycles. The fourth-order valence-corrected chi connectivity index (χ4v) is 3.30. The van der Waals surface area contributed by atoms with Crippen LogP contribution in [0.5, 0.6) is 0 Å². The van der Waals surface area contributed by atoms with E-state index in [0.717, 1.165) is 12.3 Å². The molecule has 1 fully saturated rings. The molecule has 19 heavy (non-hydrogen) atoms. The van der Waals surface area contributed by atoms with E-state index in [4.69, 9.17) is 0 Å². The summed E-state index contributed by atoms with van der Waals surface area (Å²) < 4.78 is 0. The average molecular weight is 259 g/mol. The third kappa shape index (κ3) is 3.82. The minimum atomic E-state index is 0.701. The summed E-state index contributed by atoms with van der Waals surface area (Å²) in [7, 11) is 0. The smallest absolute Gasteiger partial charge is 0.00387 e. The van der Waals surface area contributed by atoms with Crippen molar-refractivity contribution < 1.29 is 0 Å². The van der Waals surface area contributed by atoms with Gasteiger partial charge in [-0.1, -0.05) is 25.1 Å². The largest absolute Gasteiger partial charge is 0.301 e. The first-order valence-electron chi connectivity index (χ1n) is 7.92. The number of benzene rings is 1. The summed E-state index contributed by atoms with van der Waals surface area (Å²) in [4.78, 5) is 2.64. The summed E-state index contributed by atoms with van der Waals surface area (Å²) in [6, 6.07) is 7.77. The second kappa shape index (κ2) is 6.56. The lowest BCUT2D eigenvalue weighted by Crippen LogP contribution is -2.40. The van der Waals surface area contributed by atoms with Crippen LogP contribution >= 0.6 is 0 Å². The molecule has 1 heteroatoms. The SMILES string of the molecule is CCc1cc(CC2CCCN(C(C)C)C2)ccc1C. The van der Waals surface area contributed by atoms with E-state index in [1.807, 2.05) is 0 Å². The van der Waals surface area contributed by atoms with Crippen molar-refractivity contribution >= 4 is 0 Å². The van der Waals surface area contributed by atoms with Gasteiger partial charge in [0, 0.05) is 12.6 Å². The first kappa shape index (κ1) is 14.6. The molecule has 1 atom stereocenters. The maximum Gasteiger partial charge on any atom is 0.00387 e. The molecular weight excluding hydrogens is 230 g/mol. The Kier molecular flexibility index (Phi) is 5.04. The van der Waals surface area contributed by atoms with E-state index < -0.39 is 0 Å². The molecule has 0 saturated carbocycles. The predicted octanol–water partition coefficient (Wildman–Crippen LogP) is 4.22. The molecule has 1 nitrogen and oxygen atoms in total. The highest BCUT2D eigenvalue weighted by molar-refractivity contribution is 5.31. The van der Waals surface area contributed by atoms with Crippen LogP contribution in [0.3, 0.4) is 0 Å². The Hall–Kier alpha value is -0.820. The summed E-state index contributed by atoms with van der Waals surface area (Å²) in [5.74, 6) is 0.851. The van der Waals surface area contributed by atoms with Crippen LogP contribution in [0, 0.1) is 12.8 Å². The zero-order valence-corrected chi connectivity index (χ0v) is 13.1. The molecule has 0 aliphatic carbocycles. The number of likely N-dealkylation sites (tertiary alicyclic amines) is 1. The minimum absolute atomic E-state index is 0.701. The highest BCUT2D eigenvalue weighted by Crippen LogP contribution is 2.23. The van der Waals surface area contributed by atoms with Gasteiger partial charge in [-0.15, -0.1) is 0 Å². The fraction of sp³-hybridized carbons (Fsp3) is 0.667. The zero-order chi connectivity index (χ0) is 13.8. The molecule has 0 bridgehead atoms. The van der Waals surface area contributed by atoms with Crippen LogP contribution < -0.4 is 0 Å². The first-order valence-corrected chi connectivity index (χ1v) is 7.92. The Morgan fingerprint density at radius 1 is 1.32 bits per heavy atom. The molecule has 1 aliphatic rings. The van der Waals surface area contributed by atoms with Crippen molar-refractivity contribution in [2.24, 2.45) is 5.92 Å². The molecule has 0 amide bonds. The van der Waals surface area contributed by atoms with E-state index in [1.54, 1.807) is 0 Å². The van der Waals surface area contributed by atoms with E-state index in [0.29, 0.717) is 6.04 Å². The van der Waals surface area contributed by atoms with Crippen LogP contribution in [-0.2, 0) is 12.8 Å². The van der Waals surface area contributed by atoms with Gasteiger partial charge in [0.05, 0.1) is 0 Å². The van der Waals surface area contributed by atoms with Gasteiger partial charge >= 0.3 is 0 Å². The van der Waals surface area contributed by atoms with E-state index in [-0.39, 0.29) is 0 Å². The molecule has 1 aliphatic heterocycles. The van der Waals surface area contributed by atoms with Crippen molar-refractivity contribution in [3.8, 4) is 0 Å². The van der Waals surface area contributed by atoms with Crippen molar-refractivity contribution in [1.29, 1.82) is 0 Å². The Balaban J connectivity index is 2.00. The molecule has 106 valence electrons. The standard InChI is InChI=1S/C18H29N/c1-5-18-12-16(9-8-15(18)4)11-17-7-6-10-19(13-17)14(2)3/h8-9,12,14,17H,5-7,10-11,13H2,1-4H3. The summed E-state index contributed by atoms with van der Waals surface area (Å²) in [5.41, 5.74) is 4.51. The first-order chi connectivity index (χ1) is 9.10. The summed E-state index contributed by atoms with van der Waals surface area (Å²) in [5, 5.41) is 0. The van der Waals surface area contributed by atoms with Gasteiger partial charge in [-0.3, -0.25) is 0 Å². The Morgan fingerprint density at radius 3 is 2.79 bits per heavy atom. The molecular formula is C18H29N. The third-order valence-electron chi connectivity index (χ3n) is 4.60. The van der Waals surface area contributed by atoms with Crippen molar-refractivity contribution in [1.82, 2.24) is 4.90 Å². The van der Waals surface area contributed by atoms with Crippen LogP contribution in [0.25, 0.3) is 0 Å². The van der Waals surface area contributed by atoms with Crippen molar-refractivity contribution in [2.45, 2.75) is 59.4 Å². The summed E-state index contributed by atoms with van der Waals surface area (Å²) >= 11 is 0. The molecule has 1 unspecified atom stereocenters. The van der Waals surface area contributed by atoms with Crippen molar-refractivity contribution in [3.05, 3.63) is 34.9 Å². The van der Waals surface area contributed by atoms with E-state index in [1.165, 1.54) is 49.0 Å². The lowest BCUT2D eigenvalue weighted by Gasteiger charge is -2.35. The Morgan fingerprint density at radius 2 is 2.11 bits per heavy atom. The van der Waals surface area contributed by atoms with Gasteiger partial charge in [-0.05, 0) is 75.6 Å². The lowest BCUT2D eigenvalue weighted by atomic mass is 9.89. The number of nitrogens with zero attached hydrogens (tertiary/aromatic N) is 1. The minimum Gasteiger partial charge on any atom is -0.301 e. The van der Waals surface area contributed by atoms with E-state index in [9.17, 15) is 0 Å². The maximum absolute atomic E-state index is 2.64. The van der Waals surface area contributed by atoms with Crippen LogP contribution in [0.1, 0.15) is 50.3 Å². The molecule has 0 spiro atoms. The van der Waals surface area contributed by atoms with Gasteiger partial charge in [-0.25, -0.2) is 0 Å². The zero-order valence-electron chi connectivity index (χ0n) is 13.1. The lowest BCUT2D eigenvalue weighted by molar-refractivity contribution is 0.139. The van der Waals surface area contributed by atoms with Gasteiger partial charge in [0.25, 0.3) is 0 Å². The van der Waals surface area contributed by atoms with E-state index in [2.05, 4.69) is 50.8 Å². The molecule has 1 saturated heterocycles. The topological polar surface area (TPSA) is 3.24 Å². The Labute approximate surface area is 119 Å². The summed E-state index contributed by atoms with van der Waals surface area (Å²) in [6.45, 7) is 11.7. The normalized spacial score (nSPS) is 21.0. The van der Waals surface area contributed by atoms with Gasteiger partial charge < -0.3 is 4.90 Å². The van der Waals surface area contributed by atoms with Gasteiger partial charge in [0.1, 0.15) is 0 Å². The number of hydrogen-bond acceptors (Lipinski definition) is 1. The average Bonchev–Trinajstić information content (AvgIpc) is 2.41. The van der Waals surface area contributed by atoms with Crippen LogP contribution in [0.4, 0.5) is 0 Å². The molecule has 0 radical (unpaired) electrons. The fourth-order valence-electron chi connectivity index (χ4n) is 3.30. The summed E-state index contributed by atoms with van der Waals surface area (Å²) in [6.07, 6.45) is 5.19. The number of aryl methyl sites for hydroxylation is 2. The van der Waals surface area contributed by atoms with Crippen LogP contribution in [-0.4, -0.2) is 24.0 Å².